The first-order valence-corrected chi connectivity index (χ1v) is 6.53. The largest absolute Gasteiger partial charge is 0.371 e. The molecule has 0 amide bonds. The molecule has 3 nitrogen and oxygen atoms in total. The molecule has 0 radical (unpaired) electrons. The lowest BCUT2D eigenvalue weighted by atomic mass is 9.89. The number of nitrogens with zero attached hydrogens (tertiary/aromatic N) is 2. The lowest BCUT2D eigenvalue weighted by molar-refractivity contribution is 0.00439. The van der Waals surface area contributed by atoms with Gasteiger partial charge in [-0.25, -0.2) is 0 Å². The van der Waals surface area contributed by atoms with Crippen molar-refractivity contribution >= 4 is 22.9 Å². The van der Waals surface area contributed by atoms with E-state index in [1.807, 2.05) is 0 Å². The first-order chi connectivity index (χ1) is 7.24. The fourth-order valence-electron chi connectivity index (χ4n) is 2.01. The van der Waals surface area contributed by atoms with Crippen LogP contribution in [0.1, 0.15) is 37.6 Å². The standard InChI is InChI=1S/C10H15ClN2OS/c1-7-3-2-4-8(5-7)14-6-9-12-13-10(11)15-9/h7-8H,2-6H2,1H3. The molecular formula is C10H15ClN2OS. The molecule has 0 N–H and O–H groups in total. The molecule has 1 aromatic heterocycles. The summed E-state index contributed by atoms with van der Waals surface area (Å²) in [6.07, 6.45) is 5.37. The highest BCUT2D eigenvalue weighted by molar-refractivity contribution is 7.15. The van der Waals surface area contributed by atoms with Crippen LogP contribution in [0, 0.1) is 5.92 Å². The Morgan fingerprint density at radius 2 is 2.33 bits per heavy atom. The van der Waals surface area contributed by atoms with Crippen molar-refractivity contribution in [1.82, 2.24) is 10.2 Å². The van der Waals surface area contributed by atoms with Crippen molar-refractivity contribution in [3.63, 3.8) is 0 Å². The van der Waals surface area contributed by atoms with E-state index in [9.17, 15) is 0 Å². The van der Waals surface area contributed by atoms with E-state index >= 15 is 0 Å². The van der Waals surface area contributed by atoms with Gasteiger partial charge >= 0.3 is 0 Å². The van der Waals surface area contributed by atoms with Crippen molar-refractivity contribution in [2.45, 2.75) is 45.3 Å². The van der Waals surface area contributed by atoms with Crippen LogP contribution >= 0.6 is 22.9 Å². The number of ether oxygens (including phenoxy) is 1. The smallest absolute Gasteiger partial charge is 0.207 e. The maximum atomic E-state index is 5.80. The minimum absolute atomic E-state index is 0.399. The van der Waals surface area contributed by atoms with Crippen LogP contribution in [0.4, 0.5) is 0 Å². The van der Waals surface area contributed by atoms with Crippen molar-refractivity contribution in [1.29, 1.82) is 0 Å². The second-order valence-electron chi connectivity index (χ2n) is 4.15. The second kappa shape index (κ2) is 5.23. The summed E-state index contributed by atoms with van der Waals surface area (Å²) in [6.45, 7) is 2.85. The van der Waals surface area contributed by atoms with Gasteiger partial charge in [-0.1, -0.05) is 31.1 Å². The van der Waals surface area contributed by atoms with Gasteiger partial charge in [0.1, 0.15) is 11.6 Å². The highest BCUT2D eigenvalue weighted by Gasteiger charge is 2.19. The quantitative estimate of drug-likeness (QED) is 0.821. The monoisotopic (exact) mass is 246 g/mol. The Kier molecular flexibility index (Phi) is 3.94. The number of rotatable bonds is 3. The van der Waals surface area contributed by atoms with Gasteiger partial charge in [0.15, 0.2) is 0 Å². The van der Waals surface area contributed by atoms with E-state index < -0.39 is 0 Å². The fraction of sp³-hybridized carbons (Fsp3) is 0.800. The van der Waals surface area contributed by atoms with Gasteiger partial charge in [-0.05, 0) is 30.4 Å². The maximum Gasteiger partial charge on any atom is 0.207 e. The van der Waals surface area contributed by atoms with Crippen molar-refractivity contribution < 1.29 is 4.74 Å². The van der Waals surface area contributed by atoms with Crippen molar-refractivity contribution in [2.24, 2.45) is 5.92 Å². The summed E-state index contributed by atoms with van der Waals surface area (Å²) < 4.78 is 6.29. The van der Waals surface area contributed by atoms with Crippen LogP contribution < -0.4 is 0 Å². The molecule has 15 heavy (non-hydrogen) atoms. The average Bonchev–Trinajstić information content (AvgIpc) is 2.62. The predicted molar refractivity (Wildman–Crippen MR) is 61.1 cm³/mol. The third-order valence-electron chi connectivity index (χ3n) is 2.77. The molecule has 1 heterocycles. The molecule has 2 unspecified atom stereocenters. The molecule has 0 aromatic carbocycles. The minimum atomic E-state index is 0.399. The Labute approximate surface area is 98.8 Å². The molecule has 5 heteroatoms. The van der Waals surface area contributed by atoms with Crippen LogP contribution in [0.2, 0.25) is 4.47 Å². The summed E-state index contributed by atoms with van der Waals surface area (Å²) in [5.74, 6) is 0.793. The highest BCUT2D eigenvalue weighted by Crippen LogP contribution is 2.26. The van der Waals surface area contributed by atoms with E-state index in [-0.39, 0.29) is 0 Å². The van der Waals surface area contributed by atoms with Gasteiger partial charge in [0, 0.05) is 0 Å². The molecule has 1 aliphatic rings. The fourth-order valence-corrected chi connectivity index (χ4v) is 2.80. The molecular weight excluding hydrogens is 232 g/mol. The van der Waals surface area contributed by atoms with Crippen LogP contribution in [-0.4, -0.2) is 16.3 Å². The molecule has 0 spiro atoms. The summed E-state index contributed by atoms with van der Waals surface area (Å²) in [7, 11) is 0. The Morgan fingerprint density at radius 3 is 3.00 bits per heavy atom. The maximum absolute atomic E-state index is 5.80. The summed E-state index contributed by atoms with van der Waals surface area (Å²) in [4.78, 5) is 0. The zero-order chi connectivity index (χ0) is 10.7. The molecule has 0 aliphatic heterocycles. The first kappa shape index (κ1) is 11.3. The zero-order valence-electron chi connectivity index (χ0n) is 8.78. The van der Waals surface area contributed by atoms with Crippen LogP contribution in [-0.2, 0) is 11.3 Å². The topological polar surface area (TPSA) is 35.0 Å². The van der Waals surface area contributed by atoms with Crippen LogP contribution in [0.25, 0.3) is 0 Å². The van der Waals surface area contributed by atoms with Crippen molar-refractivity contribution in [3.8, 4) is 0 Å². The number of hydrogen-bond acceptors (Lipinski definition) is 4. The molecule has 84 valence electrons. The number of hydrogen-bond donors (Lipinski definition) is 0. The molecule has 2 atom stereocenters. The third-order valence-corrected chi connectivity index (χ3v) is 3.77. The molecule has 1 aliphatic carbocycles. The molecule has 1 saturated carbocycles. The molecule has 2 rings (SSSR count). The van der Waals surface area contributed by atoms with Gasteiger partial charge in [-0.2, -0.15) is 0 Å². The van der Waals surface area contributed by atoms with Gasteiger partial charge in [0.05, 0.1) is 6.10 Å². The highest BCUT2D eigenvalue weighted by atomic mass is 35.5. The molecule has 0 saturated heterocycles. The predicted octanol–water partition coefficient (Wildman–Crippen LogP) is 3.29. The molecule has 1 fully saturated rings. The van der Waals surface area contributed by atoms with E-state index in [0.29, 0.717) is 17.2 Å². The van der Waals surface area contributed by atoms with Gasteiger partial charge in [-0.3, -0.25) is 0 Å². The van der Waals surface area contributed by atoms with Gasteiger partial charge in [0.25, 0.3) is 0 Å². The Hall–Kier alpha value is -0.190. The lowest BCUT2D eigenvalue weighted by Gasteiger charge is -2.26. The van der Waals surface area contributed by atoms with Gasteiger partial charge in [-0.15, -0.1) is 10.2 Å². The van der Waals surface area contributed by atoms with Gasteiger partial charge in [0.2, 0.25) is 4.47 Å². The van der Waals surface area contributed by atoms with Crippen molar-refractivity contribution in [2.75, 3.05) is 0 Å². The zero-order valence-corrected chi connectivity index (χ0v) is 10.4. The SMILES string of the molecule is CC1CCCC(OCc2nnc(Cl)s2)C1. The van der Waals surface area contributed by atoms with Crippen LogP contribution in [0.5, 0.6) is 0 Å². The average molecular weight is 247 g/mol. The lowest BCUT2D eigenvalue weighted by Crippen LogP contribution is -2.21. The number of aromatic nitrogens is 2. The second-order valence-corrected chi connectivity index (χ2v) is 5.80. The van der Waals surface area contributed by atoms with E-state index in [1.54, 1.807) is 0 Å². The Balaban J connectivity index is 1.77. The van der Waals surface area contributed by atoms with E-state index in [2.05, 4.69) is 17.1 Å². The van der Waals surface area contributed by atoms with Crippen LogP contribution in [0.3, 0.4) is 0 Å². The summed E-state index contributed by atoms with van der Waals surface area (Å²) in [6, 6.07) is 0. The van der Waals surface area contributed by atoms with Crippen molar-refractivity contribution in [3.05, 3.63) is 9.47 Å². The van der Waals surface area contributed by atoms with E-state index in [1.165, 1.54) is 37.0 Å². The third kappa shape index (κ3) is 3.40. The van der Waals surface area contributed by atoms with Gasteiger partial charge < -0.3 is 4.74 Å². The summed E-state index contributed by atoms with van der Waals surface area (Å²) >= 11 is 7.09. The summed E-state index contributed by atoms with van der Waals surface area (Å²) in [5.41, 5.74) is 0. The molecule has 0 bridgehead atoms. The Bertz CT molecular complexity index is 318. The van der Waals surface area contributed by atoms with E-state index in [4.69, 9.17) is 16.3 Å². The number of halogens is 1. The van der Waals surface area contributed by atoms with Crippen LogP contribution in [0.15, 0.2) is 0 Å². The molecule has 1 aromatic rings. The minimum Gasteiger partial charge on any atom is -0.371 e. The Morgan fingerprint density at radius 1 is 1.47 bits per heavy atom. The summed E-state index contributed by atoms with van der Waals surface area (Å²) in [5, 5.41) is 8.55. The van der Waals surface area contributed by atoms with E-state index in [0.717, 1.165) is 10.9 Å². The first-order valence-electron chi connectivity index (χ1n) is 5.33. The normalized spacial score (nSPS) is 26.8.